The van der Waals surface area contributed by atoms with Crippen LogP contribution in [0.15, 0.2) is 27.5 Å². The Labute approximate surface area is 112 Å². The highest BCUT2D eigenvalue weighted by Crippen LogP contribution is 2.40. The molecule has 2 aromatic rings. The van der Waals surface area contributed by atoms with Crippen molar-refractivity contribution in [3.8, 4) is 0 Å². The standard InChI is InChI=1S/C11H14N4OS2/c12-6-9(8-2-1-5-17-8)18-11-14-13-10(16)15(11)7-3-4-7/h1-2,5,7,9H,3-4,6,12H2,(H,13,16). The van der Waals surface area contributed by atoms with Gasteiger partial charge in [-0.3, -0.25) is 4.57 Å². The molecule has 0 aliphatic heterocycles. The van der Waals surface area contributed by atoms with Gasteiger partial charge in [-0.15, -0.1) is 16.4 Å². The highest BCUT2D eigenvalue weighted by Gasteiger charge is 2.29. The molecular weight excluding hydrogens is 268 g/mol. The summed E-state index contributed by atoms with van der Waals surface area (Å²) < 4.78 is 1.76. The molecule has 1 unspecified atom stereocenters. The zero-order valence-electron chi connectivity index (χ0n) is 9.70. The number of rotatable bonds is 5. The van der Waals surface area contributed by atoms with Gasteiger partial charge in [0.2, 0.25) is 0 Å². The summed E-state index contributed by atoms with van der Waals surface area (Å²) in [7, 11) is 0. The molecule has 3 rings (SSSR count). The number of thioether (sulfide) groups is 1. The molecule has 0 saturated heterocycles. The molecular formula is C11H14N4OS2. The fraction of sp³-hybridized carbons (Fsp3) is 0.455. The fourth-order valence-electron chi connectivity index (χ4n) is 1.85. The Morgan fingerprint density at radius 1 is 1.67 bits per heavy atom. The Kier molecular flexibility index (Phi) is 3.27. The van der Waals surface area contributed by atoms with Gasteiger partial charge >= 0.3 is 5.69 Å². The summed E-state index contributed by atoms with van der Waals surface area (Å²) in [5.41, 5.74) is 5.71. The molecule has 0 bridgehead atoms. The average molecular weight is 282 g/mol. The summed E-state index contributed by atoms with van der Waals surface area (Å²) in [6.45, 7) is 0.539. The van der Waals surface area contributed by atoms with Crippen molar-refractivity contribution in [1.29, 1.82) is 0 Å². The van der Waals surface area contributed by atoms with E-state index in [0.29, 0.717) is 12.6 Å². The SMILES string of the molecule is NCC(Sc1n[nH]c(=O)n1C1CC1)c1cccs1. The Balaban J connectivity index is 1.85. The van der Waals surface area contributed by atoms with Gasteiger partial charge in [0, 0.05) is 17.5 Å². The lowest BCUT2D eigenvalue weighted by Crippen LogP contribution is -2.17. The van der Waals surface area contributed by atoms with E-state index in [1.54, 1.807) is 27.7 Å². The molecule has 96 valence electrons. The lowest BCUT2D eigenvalue weighted by molar-refractivity contribution is 0.641. The van der Waals surface area contributed by atoms with Crippen LogP contribution in [0.5, 0.6) is 0 Å². The molecule has 1 atom stereocenters. The van der Waals surface area contributed by atoms with E-state index in [2.05, 4.69) is 16.3 Å². The van der Waals surface area contributed by atoms with Gasteiger partial charge in [0.25, 0.3) is 0 Å². The van der Waals surface area contributed by atoms with Crippen molar-refractivity contribution in [3.63, 3.8) is 0 Å². The van der Waals surface area contributed by atoms with E-state index in [1.807, 2.05) is 11.4 Å². The predicted octanol–water partition coefficient (Wildman–Crippen LogP) is 1.76. The van der Waals surface area contributed by atoms with Crippen LogP contribution in [0.3, 0.4) is 0 Å². The summed E-state index contributed by atoms with van der Waals surface area (Å²) in [5, 5.41) is 9.60. The third-order valence-corrected chi connectivity index (χ3v) is 5.27. The number of aromatic nitrogens is 3. The van der Waals surface area contributed by atoms with E-state index >= 15 is 0 Å². The quantitative estimate of drug-likeness (QED) is 0.819. The van der Waals surface area contributed by atoms with Gasteiger partial charge in [-0.05, 0) is 24.3 Å². The smallest absolute Gasteiger partial charge is 0.329 e. The number of nitrogens with one attached hydrogen (secondary N) is 1. The summed E-state index contributed by atoms with van der Waals surface area (Å²) >= 11 is 3.25. The summed E-state index contributed by atoms with van der Waals surface area (Å²) in [4.78, 5) is 12.9. The highest BCUT2D eigenvalue weighted by molar-refractivity contribution is 7.99. The lowest BCUT2D eigenvalue weighted by atomic mass is 10.3. The minimum Gasteiger partial charge on any atom is -0.329 e. The fourth-order valence-corrected chi connectivity index (χ4v) is 3.87. The molecule has 7 heteroatoms. The van der Waals surface area contributed by atoms with Crippen LogP contribution < -0.4 is 11.4 Å². The summed E-state index contributed by atoms with van der Waals surface area (Å²) in [6, 6.07) is 4.42. The van der Waals surface area contributed by atoms with Crippen LogP contribution >= 0.6 is 23.1 Å². The van der Waals surface area contributed by atoms with E-state index < -0.39 is 0 Å². The van der Waals surface area contributed by atoms with Crippen LogP contribution in [0.1, 0.15) is 29.0 Å². The van der Waals surface area contributed by atoms with Crippen LogP contribution in [0.2, 0.25) is 0 Å². The Bertz CT molecular complexity index is 570. The molecule has 1 aliphatic carbocycles. The van der Waals surface area contributed by atoms with Gasteiger partial charge in [-0.25, -0.2) is 9.89 Å². The lowest BCUT2D eigenvalue weighted by Gasteiger charge is -2.12. The highest BCUT2D eigenvalue weighted by atomic mass is 32.2. The molecule has 0 aromatic carbocycles. The van der Waals surface area contributed by atoms with Crippen molar-refractivity contribution in [2.75, 3.05) is 6.54 Å². The molecule has 0 spiro atoms. The van der Waals surface area contributed by atoms with Gasteiger partial charge < -0.3 is 5.73 Å². The Morgan fingerprint density at radius 2 is 2.50 bits per heavy atom. The van der Waals surface area contributed by atoms with E-state index in [4.69, 9.17) is 5.73 Å². The van der Waals surface area contributed by atoms with E-state index in [0.717, 1.165) is 18.0 Å². The van der Waals surface area contributed by atoms with E-state index in [1.165, 1.54) is 4.88 Å². The minimum absolute atomic E-state index is 0.109. The molecule has 5 nitrogen and oxygen atoms in total. The number of H-pyrrole nitrogens is 1. The van der Waals surface area contributed by atoms with Crippen LogP contribution in [0, 0.1) is 0 Å². The number of nitrogens with two attached hydrogens (primary N) is 1. The minimum atomic E-state index is -0.109. The number of thiophene rings is 1. The number of hydrogen-bond donors (Lipinski definition) is 2. The maximum absolute atomic E-state index is 11.7. The Hall–Kier alpha value is -1.05. The summed E-state index contributed by atoms with van der Waals surface area (Å²) in [5.74, 6) is 0. The van der Waals surface area contributed by atoms with Gasteiger partial charge in [-0.1, -0.05) is 17.8 Å². The third-order valence-electron chi connectivity index (χ3n) is 2.91. The maximum atomic E-state index is 11.7. The largest absolute Gasteiger partial charge is 0.344 e. The molecule has 0 amide bonds. The molecule has 1 fully saturated rings. The van der Waals surface area contributed by atoms with Crippen molar-refractivity contribution < 1.29 is 0 Å². The molecule has 1 saturated carbocycles. The van der Waals surface area contributed by atoms with E-state index in [-0.39, 0.29) is 10.9 Å². The molecule has 2 heterocycles. The summed E-state index contributed by atoms with van der Waals surface area (Å²) in [6.07, 6.45) is 2.14. The first-order valence-electron chi connectivity index (χ1n) is 5.86. The van der Waals surface area contributed by atoms with Crippen molar-refractivity contribution in [1.82, 2.24) is 14.8 Å². The van der Waals surface area contributed by atoms with Crippen LogP contribution in [0.25, 0.3) is 0 Å². The van der Waals surface area contributed by atoms with Crippen molar-refractivity contribution in [2.24, 2.45) is 5.73 Å². The molecule has 2 aromatic heterocycles. The maximum Gasteiger partial charge on any atom is 0.344 e. The van der Waals surface area contributed by atoms with Crippen LogP contribution in [-0.4, -0.2) is 21.3 Å². The van der Waals surface area contributed by atoms with Gasteiger partial charge in [0.1, 0.15) is 0 Å². The zero-order valence-corrected chi connectivity index (χ0v) is 11.3. The molecule has 18 heavy (non-hydrogen) atoms. The van der Waals surface area contributed by atoms with Crippen LogP contribution in [-0.2, 0) is 0 Å². The first kappa shape index (κ1) is 12.0. The second-order valence-corrected chi connectivity index (χ2v) is 6.42. The first-order valence-corrected chi connectivity index (χ1v) is 7.62. The normalized spacial score (nSPS) is 16.9. The monoisotopic (exact) mass is 282 g/mol. The second kappa shape index (κ2) is 4.91. The zero-order chi connectivity index (χ0) is 12.5. The number of nitrogens with zero attached hydrogens (tertiary/aromatic N) is 2. The first-order chi connectivity index (χ1) is 8.79. The van der Waals surface area contributed by atoms with Gasteiger partial charge in [-0.2, -0.15) is 0 Å². The third kappa shape index (κ3) is 2.25. The van der Waals surface area contributed by atoms with Crippen molar-refractivity contribution >= 4 is 23.1 Å². The molecule has 1 aliphatic rings. The number of hydrogen-bond acceptors (Lipinski definition) is 5. The Morgan fingerprint density at radius 3 is 3.11 bits per heavy atom. The van der Waals surface area contributed by atoms with Crippen LogP contribution in [0.4, 0.5) is 0 Å². The van der Waals surface area contributed by atoms with Gasteiger partial charge in [0.15, 0.2) is 5.16 Å². The number of aromatic amines is 1. The predicted molar refractivity (Wildman–Crippen MR) is 73.1 cm³/mol. The van der Waals surface area contributed by atoms with Crippen molar-refractivity contribution in [2.45, 2.75) is 29.3 Å². The topological polar surface area (TPSA) is 76.7 Å². The molecule has 0 radical (unpaired) electrons. The molecule has 3 N–H and O–H groups in total. The van der Waals surface area contributed by atoms with Gasteiger partial charge in [0.05, 0.1) is 5.25 Å². The average Bonchev–Trinajstić information content (AvgIpc) is 2.92. The van der Waals surface area contributed by atoms with E-state index in [9.17, 15) is 4.79 Å². The second-order valence-electron chi connectivity index (χ2n) is 4.27. The van der Waals surface area contributed by atoms with Crippen molar-refractivity contribution in [3.05, 3.63) is 32.9 Å².